The Morgan fingerprint density at radius 3 is 2.44 bits per heavy atom. The number of carbonyl (C=O) groups is 1. The minimum Gasteiger partial charge on any atom is -0.487 e. The molecule has 184 valence electrons. The maximum atomic E-state index is 14.8. The molecular formula is C26H32FNO5S. The van der Waals surface area contributed by atoms with Crippen LogP contribution in [-0.4, -0.2) is 50.0 Å². The molecule has 0 atom stereocenters. The van der Waals surface area contributed by atoms with Crippen LogP contribution >= 0.6 is 0 Å². The smallest absolute Gasteiger partial charge is 0.410 e. The maximum Gasteiger partial charge on any atom is 0.410 e. The second-order valence-electron chi connectivity index (χ2n) is 10.5. The molecule has 8 heteroatoms. The Balaban J connectivity index is 1.45. The van der Waals surface area contributed by atoms with Crippen LogP contribution in [0.1, 0.15) is 51.2 Å². The van der Waals surface area contributed by atoms with Gasteiger partial charge in [0.2, 0.25) is 0 Å². The van der Waals surface area contributed by atoms with Crippen molar-refractivity contribution in [3.05, 3.63) is 53.3 Å². The zero-order chi connectivity index (χ0) is 24.7. The molecule has 2 aromatic rings. The molecule has 0 aliphatic carbocycles. The van der Waals surface area contributed by atoms with E-state index in [1.807, 2.05) is 39.0 Å². The number of likely N-dealkylation sites (tertiary alicyclic amines) is 1. The fourth-order valence-corrected chi connectivity index (χ4v) is 5.43. The maximum absolute atomic E-state index is 14.8. The van der Waals surface area contributed by atoms with E-state index >= 15 is 0 Å². The Kier molecular flexibility index (Phi) is 6.40. The molecule has 2 aromatic carbocycles. The molecule has 1 spiro atoms. The number of piperidine rings is 1. The molecule has 1 amide bonds. The third-order valence-corrected chi connectivity index (χ3v) is 7.19. The molecule has 2 aliphatic rings. The lowest BCUT2D eigenvalue weighted by Crippen LogP contribution is -2.52. The number of nitrogens with zero attached hydrogens (tertiary/aromatic N) is 1. The summed E-state index contributed by atoms with van der Waals surface area (Å²) in [4.78, 5) is 14.1. The van der Waals surface area contributed by atoms with Gasteiger partial charge in [-0.05, 0) is 68.5 Å². The first kappa shape index (κ1) is 24.5. The van der Waals surface area contributed by atoms with Gasteiger partial charge in [-0.2, -0.15) is 0 Å². The number of halogens is 1. The zero-order valence-corrected chi connectivity index (χ0v) is 21.0. The number of fused-ring (bicyclic) bond motifs is 1. The Labute approximate surface area is 201 Å². The van der Waals surface area contributed by atoms with Crippen molar-refractivity contribution in [1.29, 1.82) is 0 Å². The van der Waals surface area contributed by atoms with Crippen LogP contribution < -0.4 is 4.74 Å². The summed E-state index contributed by atoms with van der Waals surface area (Å²) in [6.45, 7) is 6.77. The number of carbonyl (C=O) groups excluding carboxylic acids is 1. The van der Waals surface area contributed by atoms with E-state index in [2.05, 4.69) is 0 Å². The van der Waals surface area contributed by atoms with E-state index in [0.717, 1.165) is 48.8 Å². The van der Waals surface area contributed by atoms with E-state index in [9.17, 15) is 17.6 Å². The first-order valence-electron chi connectivity index (χ1n) is 11.6. The lowest BCUT2D eigenvalue weighted by Gasteiger charge is -2.44. The average Bonchev–Trinajstić information content (AvgIpc) is 2.72. The number of sulfone groups is 1. The van der Waals surface area contributed by atoms with Crippen molar-refractivity contribution in [3.8, 4) is 16.9 Å². The fraction of sp³-hybridized carbons (Fsp3) is 0.500. The van der Waals surface area contributed by atoms with Gasteiger partial charge in [0.15, 0.2) is 9.84 Å². The Bertz CT molecular complexity index is 1190. The lowest BCUT2D eigenvalue weighted by molar-refractivity contribution is -0.0272. The monoisotopic (exact) mass is 489 g/mol. The number of rotatable bonds is 3. The van der Waals surface area contributed by atoms with Gasteiger partial charge in [0, 0.05) is 37.8 Å². The summed E-state index contributed by atoms with van der Waals surface area (Å²) >= 11 is 0. The van der Waals surface area contributed by atoms with Crippen LogP contribution in [-0.2, 0) is 26.7 Å². The van der Waals surface area contributed by atoms with E-state index in [1.54, 1.807) is 17.0 Å². The van der Waals surface area contributed by atoms with Crippen molar-refractivity contribution in [2.75, 3.05) is 19.3 Å². The molecular weight excluding hydrogens is 457 g/mol. The van der Waals surface area contributed by atoms with E-state index in [1.165, 1.54) is 6.07 Å². The molecule has 0 unspecified atom stereocenters. The van der Waals surface area contributed by atoms with Gasteiger partial charge in [0.25, 0.3) is 0 Å². The molecule has 2 aliphatic heterocycles. The van der Waals surface area contributed by atoms with Crippen molar-refractivity contribution >= 4 is 15.9 Å². The van der Waals surface area contributed by atoms with E-state index in [0.29, 0.717) is 24.2 Å². The molecule has 1 fully saturated rings. The minimum atomic E-state index is -3.23. The third-order valence-electron chi connectivity index (χ3n) is 6.34. The van der Waals surface area contributed by atoms with Crippen LogP contribution in [0.15, 0.2) is 36.4 Å². The van der Waals surface area contributed by atoms with Crippen LogP contribution in [0.25, 0.3) is 11.1 Å². The molecule has 0 aromatic heterocycles. The summed E-state index contributed by atoms with van der Waals surface area (Å²) < 4.78 is 49.7. The number of amides is 1. The van der Waals surface area contributed by atoms with E-state index in [4.69, 9.17) is 9.47 Å². The van der Waals surface area contributed by atoms with Gasteiger partial charge >= 0.3 is 6.09 Å². The summed E-state index contributed by atoms with van der Waals surface area (Å²) in [6, 6.07) is 10.3. The summed E-state index contributed by atoms with van der Waals surface area (Å²) in [5, 5.41) is 0. The number of hydrogen-bond acceptors (Lipinski definition) is 5. The highest BCUT2D eigenvalue weighted by Crippen LogP contribution is 2.41. The summed E-state index contributed by atoms with van der Waals surface area (Å²) in [7, 11) is -3.23. The molecule has 0 saturated carbocycles. The largest absolute Gasteiger partial charge is 0.487 e. The normalized spacial score (nSPS) is 17.7. The van der Waals surface area contributed by atoms with Crippen LogP contribution in [0, 0.1) is 5.82 Å². The zero-order valence-electron chi connectivity index (χ0n) is 20.2. The second kappa shape index (κ2) is 8.87. The summed E-state index contributed by atoms with van der Waals surface area (Å²) in [6.07, 6.45) is 3.97. The van der Waals surface area contributed by atoms with Crippen molar-refractivity contribution in [2.24, 2.45) is 0 Å². The number of benzene rings is 2. The van der Waals surface area contributed by atoms with Crippen LogP contribution in [0.5, 0.6) is 5.75 Å². The van der Waals surface area contributed by atoms with Crippen molar-refractivity contribution in [2.45, 2.75) is 63.4 Å². The minimum absolute atomic E-state index is 0.185. The summed E-state index contributed by atoms with van der Waals surface area (Å²) in [5.74, 6) is 0.175. The highest BCUT2D eigenvalue weighted by atomic mass is 32.2. The summed E-state index contributed by atoms with van der Waals surface area (Å²) in [5.41, 5.74) is 1.82. The third kappa shape index (κ3) is 5.71. The average molecular weight is 490 g/mol. The molecule has 0 N–H and O–H groups in total. The number of hydrogen-bond donors (Lipinski definition) is 0. The van der Waals surface area contributed by atoms with Gasteiger partial charge in [-0.3, -0.25) is 0 Å². The van der Waals surface area contributed by atoms with Crippen LogP contribution in [0.4, 0.5) is 9.18 Å². The molecule has 1 saturated heterocycles. The predicted octanol–water partition coefficient (Wildman–Crippen LogP) is 5.13. The number of aryl methyl sites for hydroxylation is 1. The molecule has 0 bridgehead atoms. The highest BCUT2D eigenvalue weighted by molar-refractivity contribution is 7.89. The molecule has 4 rings (SSSR count). The molecule has 6 nitrogen and oxygen atoms in total. The molecule has 34 heavy (non-hydrogen) atoms. The predicted molar refractivity (Wildman–Crippen MR) is 129 cm³/mol. The fourth-order valence-electron chi connectivity index (χ4n) is 4.65. The van der Waals surface area contributed by atoms with Gasteiger partial charge in [-0.1, -0.05) is 18.2 Å². The van der Waals surface area contributed by atoms with E-state index in [-0.39, 0.29) is 17.4 Å². The molecule has 0 radical (unpaired) electrons. The lowest BCUT2D eigenvalue weighted by atomic mass is 9.82. The topological polar surface area (TPSA) is 72.9 Å². The van der Waals surface area contributed by atoms with E-state index < -0.39 is 21.3 Å². The van der Waals surface area contributed by atoms with Crippen molar-refractivity contribution in [1.82, 2.24) is 4.90 Å². The quantitative estimate of drug-likeness (QED) is 0.598. The van der Waals surface area contributed by atoms with Crippen LogP contribution in [0.3, 0.4) is 0 Å². The van der Waals surface area contributed by atoms with Crippen molar-refractivity contribution in [3.63, 3.8) is 0 Å². The Hall–Kier alpha value is -2.61. The van der Waals surface area contributed by atoms with Crippen LogP contribution in [0.2, 0.25) is 0 Å². The van der Waals surface area contributed by atoms with Crippen molar-refractivity contribution < 1.29 is 27.1 Å². The first-order chi connectivity index (χ1) is 15.8. The highest BCUT2D eigenvalue weighted by Gasteiger charge is 2.41. The van der Waals surface area contributed by atoms with Gasteiger partial charge < -0.3 is 14.4 Å². The molecule has 2 heterocycles. The standard InChI is InChI=1S/C26H32FNO5S/c1-25(2,3)33-24(29)28-13-11-26(12-14-28)10-9-20-16-19(6-8-23(20)32-26)21-7-5-18(15-22(21)27)17-34(4,30)31/h5-8,15-16H,9-14,17H2,1-4H3. The Morgan fingerprint density at radius 2 is 1.82 bits per heavy atom. The van der Waals surface area contributed by atoms with Gasteiger partial charge in [-0.25, -0.2) is 17.6 Å². The first-order valence-corrected chi connectivity index (χ1v) is 13.7. The van der Waals surface area contributed by atoms with Gasteiger partial charge in [0.1, 0.15) is 22.8 Å². The van der Waals surface area contributed by atoms with Gasteiger partial charge in [-0.15, -0.1) is 0 Å². The Morgan fingerprint density at radius 1 is 1.12 bits per heavy atom. The number of ether oxygens (including phenoxy) is 2. The second-order valence-corrected chi connectivity index (χ2v) is 12.6. The SMILES string of the molecule is CC(C)(C)OC(=O)N1CCC2(CCc3cc(-c4ccc(CS(C)(=O)=O)cc4F)ccc3O2)CC1. The van der Waals surface area contributed by atoms with Gasteiger partial charge in [0.05, 0.1) is 5.75 Å².